The van der Waals surface area contributed by atoms with Crippen molar-refractivity contribution in [3.8, 4) is 0 Å². The van der Waals surface area contributed by atoms with Crippen LogP contribution in [0.3, 0.4) is 0 Å². The SMILES string of the molecule is CC(C)NC(=O)C1C(c2cccc(NC(=O)Cc3ccccc3)c2)OC(=O)N1Cc1ccccc1. The Bertz CT molecular complexity index is 1180. The maximum absolute atomic E-state index is 13.2. The largest absolute Gasteiger partial charge is 0.438 e. The Hall–Kier alpha value is -4.13. The van der Waals surface area contributed by atoms with Gasteiger partial charge in [0, 0.05) is 11.7 Å². The Morgan fingerprint density at radius 2 is 1.57 bits per heavy atom. The number of benzene rings is 3. The second-order valence-corrected chi connectivity index (χ2v) is 8.86. The summed E-state index contributed by atoms with van der Waals surface area (Å²) >= 11 is 0. The zero-order valence-electron chi connectivity index (χ0n) is 19.8. The van der Waals surface area contributed by atoms with Gasteiger partial charge in [0.2, 0.25) is 11.8 Å². The van der Waals surface area contributed by atoms with Gasteiger partial charge in [0.15, 0.2) is 12.1 Å². The fourth-order valence-electron chi connectivity index (χ4n) is 4.14. The van der Waals surface area contributed by atoms with Crippen molar-refractivity contribution in [1.29, 1.82) is 0 Å². The van der Waals surface area contributed by atoms with Crippen molar-refractivity contribution in [3.05, 3.63) is 102 Å². The average Bonchev–Trinajstić information content (AvgIpc) is 3.16. The van der Waals surface area contributed by atoms with Crippen molar-refractivity contribution < 1.29 is 19.1 Å². The van der Waals surface area contributed by atoms with Crippen LogP contribution >= 0.6 is 0 Å². The minimum atomic E-state index is -0.847. The third-order valence-corrected chi connectivity index (χ3v) is 5.69. The topological polar surface area (TPSA) is 87.7 Å². The molecule has 0 aromatic heterocycles. The number of nitrogens with zero attached hydrogens (tertiary/aromatic N) is 1. The van der Waals surface area contributed by atoms with Crippen LogP contribution in [0.1, 0.15) is 36.6 Å². The van der Waals surface area contributed by atoms with Gasteiger partial charge >= 0.3 is 6.09 Å². The van der Waals surface area contributed by atoms with E-state index in [0.29, 0.717) is 11.3 Å². The van der Waals surface area contributed by atoms with E-state index in [0.717, 1.165) is 11.1 Å². The van der Waals surface area contributed by atoms with E-state index in [-0.39, 0.29) is 30.8 Å². The molecule has 0 spiro atoms. The molecule has 1 heterocycles. The fraction of sp³-hybridized carbons (Fsp3) is 0.250. The standard InChI is InChI=1S/C28H29N3O4/c1-19(2)29-27(33)25-26(35-28(34)31(25)18-21-12-7-4-8-13-21)22-14-9-15-23(17-22)30-24(32)16-20-10-5-3-6-11-20/h3-15,17,19,25-26H,16,18H2,1-2H3,(H,29,33)(H,30,32). The quantitative estimate of drug-likeness (QED) is 0.508. The van der Waals surface area contributed by atoms with E-state index in [1.165, 1.54) is 4.90 Å². The molecule has 0 aliphatic carbocycles. The summed E-state index contributed by atoms with van der Waals surface area (Å²) in [6.45, 7) is 3.99. The molecule has 3 aromatic carbocycles. The van der Waals surface area contributed by atoms with E-state index in [1.807, 2.05) is 74.5 Å². The molecule has 1 aliphatic rings. The first-order valence-electron chi connectivity index (χ1n) is 11.7. The van der Waals surface area contributed by atoms with Gasteiger partial charge in [-0.05, 0) is 42.7 Å². The number of rotatable bonds is 8. The lowest BCUT2D eigenvalue weighted by atomic mass is 9.99. The molecule has 7 heteroatoms. The molecule has 2 N–H and O–H groups in total. The molecular formula is C28H29N3O4. The lowest BCUT2D eigenvalue weighted by Crippen LogP contribution is -2.48. The van der Waals surface area contributed by atoms with E-state index in [1.54, 1.807) is 24.3 Å². The first-order valence-corrected chi connectivity index (χ1v) is 11.7. The predicted molar refractivity (Wildman–Crippen MR) is 133 cm³/mol. The van der Waals surface area contributed by atoms with Gasteiger partial charge in [0.1, 0.15) is 0 Å². The normalized spacial score (nSPS) is 17.2. The van der Waals surface area contributed by atoms with Crippen molar-refractivity contribution >= 4 is 23.6 Å². The van der Waals surface area contributed by atoms with Crippen molar-refractivity contribution in [2.45, 2.75) is 45.0 Å². The van der Waals surface area contributed by atoms with Gasteiger partial charge in [0.25, 0.3) is 0 Å². The second-order valence-electron chi connectivity index (χ2n) is 8.86. The van der Waals surface area contributed by atoms with Gasteiger partial charge in [-0.25, -0.2) is 4.79 Å². The van der Waals surface area contributed by atoms with Gasteiger partial charge in [-0.15, -0.1) is 0 Å². The van der Waals surface area contributed by atoms with Crippen molar-refractivity contribution in [2.75, 3.05) is 5.32 Å². The predicted octanol–water partition coefficient (Wildman–Crippen LogP) is 4.45. The molecule has 4 rings (SSSR count). The lowest BCUT2D eigenvalue weighted by molar-refractivity contribution is -0.126. The molecule has 35 heavy (non-hydrogen) atoms. The van der Waals surface area contributed by atoms with Crippen LogP contribution in [0.5, 0.6) is 0 Å². The molecule has 1 aliphatic heterocycles. The molecule has 1 fully saturated rings. The Labute approximate surface area is 205 Å². The monoisotopic (exact) mass is 471 g/mol. The summed E-state index contributed by atoms with van der Waals surface area (Å²) in [5.41, 5.74) is 3.02. The molecule has 7 nitrogen and oxygen atoms in total. The van der Waals surface area contributed by atoms with Gasteiger partial charge < -0.3 is 15.4 Å². The Morgan fingerprint density at radius 1 is 0.914 bits per heavy atom. The Morgan fingerprint density at radius 3 is 2.23 bits per heavy atom. The molecule has 2 unspecified atom stereocenters. The number of carbonyl (C=O) groups excluding carboxylic acids is 3. The second kappa shape index (κ2) is 10.9. The Balaban J connectivity index is 1.56. The van der Waals surface area contributed by atoms with Crippen molar-refractivity contribution in [2.24, 2.45) is 0 Å². The first-order chi connectivity index (χ1) is 16.9. The summed E-state index contributed by atoms with van der Waals surface area (Å²) < 4.78 is 5.72. The number of cyclic esters (lactones) is 1. The summed E-state index contributed by atoms with van der Waals surface area (Å²) in [6.07, 6.45) is -1.12. The summed E-state index contributed by atoms with van der Waals surface area (Å²) in [5.74, 6) is -0.443. The summed E-state index contributed by atoms with van der Waals surface area (Å²) in [4.78, 5) is 40.1. The average molecular weight is 472 g/mol. The number of amides is 3. The van der Waals surface area contributed by atoms with Gasteiger partial charge in [-0.1, -0.05) is 72.8 Å². The van der Waals surface area contributed by atoms with E-state index in [9.17, 15) is 14.4 Å². The third-order valence-electron chi connectivity index (χ3n) is 5.69. The highest BCUT2D eigenvalue weighted by Crippen LogP contribution is 2.35. The van der Waals surface area contributed by atoms with Crippen LogP contribution in [0.4, 0.5) is 10.5 Å². The van der Waals surface area contributed by atoms with E-state index >= 15 is 0 Å². The molecule has 2 atom stereocenters. The highest BCUT2D eigenvalue weighted by Gasteiger charge is 2.47. The number of hydrogen-bond acceptors (Lipinski definition) is 4. The first kappa shape index (κ1) is 24.0. The van der Waals surface area contributed by atoms with Gasteiger partial charge in [0.05, 0.1) is 13.0 Å². The number of ether oxygens (including phenoxy) is 1. The summed E-state index contributed by atoms with van der Waals surface area (Å²) in [5, 5.41) is 5.81. The van der Waals surface area contributed by atoms with Crippen LogP contribution in [0.2, 0.25) is 0 Å². The van der Waals surface area contributed by atoms with Crippen LogP contribution in [-0.4, -0.2) is 34.9 Å². The maximum atomic E-state index is 13.2. The molecular weight excluding hydrogens is 442 g/mol. The van der Waals surface area contributed by atoms with Crippen LogP contribution < -0.4 is 10.6 Å². The lowest BCUT2D eigenvalue weighted by Gasteiger charge is -2.25. The van der Waals surface area contributed by atoms with Crippen LogP contribution in [0.15, 0.2) is 84.9 Å². The van der Waals surface area contributed by atoms with E-state index < -0.39 is 18.2 Å². The number of carbonyl (C=O) groups is 3. The minimum absolute atomic E-state index is 0.0963. The molecule has 1 saturated heterocycles. The number of hydrogen-bond donors (Lipinski definition) is 2. The smallest absolute Gasteiger partial charge is 0.411 e. The zero-order valence-corrected chi connectivity index (χ0v) is 19.8. The maximum Gasteiger partial charge on any atom is 0.411 e. The van der Waals surface area contributed by atoms with Crippen LogP contribution in [-0.2, 0) is 27.3 Å². The van der Waals surface area contributed by atoms with Gasteiger partial charge in [-0.2, -0.15) is 0 Å². The Kier molecular flexibility index (Phi) is 7.45. The molecule has 3 amide bonds. The zero-order chi connectivity index (χ0) is 24.8. The minimum Gasteiger partial charge on any atom is -0.438 e. The highest BCUT2D eigenvalue weighted by molar-refractivity contribution is 5.92. The van der Waals surface area contributed by atoms with Crippen LogP contribution in [0.25, 0.3) is 0 Å². The highest BCUT2D eigenvalue weighted by atomic mass is 16.6. The van der Waals surface area contributed by atoms with E-state index in [2.05, 4.69) is 10.6 Å². The summed E-state index contributed by atoms with van der Waals surface area (Å²) in [7, 11) is 0. The van der Waals surface area contributed by atoms with Crippen molar-refractivity contribution in [3.63, 3.8) is 0 Å². The molecule has 0 bridgehead atoms. The molecule has 0 saturated carbocycles. The number of anilines is 1. The third kappa shape index (κ3) is 6.06. The van der Waals surface area contributed by atoms with Crippen molar-refractivity contribution in [1.82, 2.24) is 10.2 Å². The van der Waals surface area contributed by atoms with E-state index in [4.69, 9.17) is 4.74 Å². The van der Waals surface area contributed by atoms with Crippen LogP contribution in [0, 0.1) is 0 Å². The molecule has 3 aromatic rings. The summed E-state index contributed by atoms with van der Waals surface area (Å²) in [6, 6.07) is 25.1. The molecule has 180 valence electrons. The fourth-order valence-corrected chi connectivity index (χ4v) is 4.14. The van der Waals surface area contributed by atoms with Gasteiger partial charge in [-0.3, -0.25) is 14.5 Å². The number of nitrogens with one attached hydrogen (secondary N) is 2. The molecule has 0 radical (unpaired) electrons.